The van der Waals surface area contributed by atoms with Crippen molar-refractivity contribution < 1.29 is 27.5 Å². The number of benzene rings is 2. The van der Waals surface area contributed by atoms with Crippen molar-refractivity contribution in [1.29, 1.82) is 0 Å². The van der Waals surface area contributed by atoms with Crippen LogP contribution in [0, 0.1) is 0 Å². The van der Waals surface area contributed by atoms with Crippen LogP contribution in [0.2, 0.25) is 0 Å². The molecular formula is C21H21NO6S. The first kappa shape index (κ1) is 21.9. The number of hydrogen-bond donors (Lipinski definition) is 0. The van der Waals surface area contributed by atoms with Gasteiger partial charge in [0.2, 0.25) is 0 Å². The summed E-state index contributed by atoms with van der Waals surface area (Å²) in [5.74, 6) is -0.540. The zero-order valence-corrected chi connectivity index (χ0v) is 16.9. The van der Waals surface area contributed by atoms with Crippen molar-refractivity contribution in [3.05, 3.63) is 73.3 Å². The van der Waals surface area contributed by atoms with E-state index in [2.05, 4.69) is 13.2 Å². The molecule has 8 heteroatoms. The van der Waals surface area contributed by atoms with Crippen LogP contribution in [-0.2, 0) is 26.0 Å². The second-order valence-electron chi connectivity index (χ2n) is 5.84. The minimum absolute atomic E-state index is 0.0114. The van der Waals surface area contributed by atoms with Gasteiger partial charge in [0.1, 0.15) is 17.2 Å². The number of anilines is 1. The van der Waals surface area contributed by atoms with E-state index in [1.807, 2.05) is 0 Å². The van der Waals surface area contributed by atoms with Crippen LogP contribution in [0.5, 0.6) is 11.5 Å². The smallest absolute Gasteiger partial charge is 0.271 e. The number of methoxy groups -OCH3 is 2. The molecule has 7 nitrogen and oxygen atoms in total. The number of amides is 1. The topological polar surface area (TPSA) is 90.0 Å². The molecule has 0 bridgehead atoms. The van der Waals surface area contributed by atoms with Crippen molar-refractivity contribution in [3.63, 3.8) is 0 Å². The number of ketones is 1. The summed E-state index contributed by atoms with van der Waals surface area (Å²) >= 11 is 0. The molecule has 2 rings (SSSR count). The van der Waals surface area contributed by atoms with E-state index in [-0.39, 0.29) is 28.5 Å². The Morgan fingerprint density at radius 3 is 2.17 bits per heavy atom. The molecule has 0 aliphatic rings. The average molecular weight is 415 g/mol. The predicted octanol–water partition coefficient (Wildman–Crippen LogP) is 2.91. The standard InChI is InChI=1S/C21H21NO6S/c1-5-16(23)13-15-7-10-18(11-8-15)29(25,26)22(21(24)6-2)19-14-17(27-3)9-12-20(19)28-4/h5-12,14H,1-2,13H2,3-4H3. The Kier molecular flexibility index (Phi) is 6.95. The van der Waals surface area contributed by atoms with E-state index in [1.54, 1.807) is 6.07 Å². The lowest BCUT2D eigenvalue weighted by Crippen LogP contribution is -2.36. The molecule has 2 aromatic rings. The van der Waals surface area contributed by atoms with Crippen molar-refractivity contribution in [3.8, 4) is 11.5 Å². The normalized spacial score (nSPS) is 10.7. The van der Waals surface area contributed by atoms with E-state index in [1.165, 1.54) is 56.7 Å². The maximum Gasteiger partial charge on any atom is 0.271 e. The van der Waals surface area contributed by atoms with Gasteiger partial charge in [-0.15, -0.1) is 0 Å². The van der Waals surface area contributed by atoms with Crippen LogP contribution < -0.4 is 13.8 Å². The molecule has 0 aliphatic heterocycles. The molecule has 29 heavy (non-hydrogen) atoms. The van der Waals surface area contributed by atoms with Crippen molar-refractivity contribution >= 4 is 27.4 Å². The van der Waals surface area contributed by atoms with Crippen LogP contribution in [0.15, 0.2) is 72.7 Å². The zero-order valence-electron chi connectivity index (χ0n) is 16.1. The first-order valence-corrected chi connectivity index (χ1v) is 9.90. The second-order valence-corrected chi connectivity index (χ2v) is 7.63. The highest BCUT2D eigenvalue weighted by Crippen LogP contribution is 2.36. The van der Waals surface area contributed by atoms with Gasteiger partial charge in [0.15, 0.2) is 5.78 Å². The Labute approximate surface area is 169 Å². The molecule has 0 fully saturated rings. The Bertz CT molecular complexity index is 1040. The highest BCUT2D eigenvalue weighted by molar-refractivity contribution is 7.93. The summed E-state index contributed by atoms with van der Waals surface area (Å²) in [6.07, 6.45) is 2.20. The van der Waals surface area contributed by atoms with Crippen LogP contribution in [0.25, 0.3) is 0 Å². The molecule has 152 valence electrons. The molecule has 1 amide bonds. The quantitative estimate of drug-likeness (QED) is 0.585. The first-order chi connectivity index (χ1) is 13.8. The van der Waals surface area contributed by atoms with Gasteiger partial charge in [-0.2, -0.15) is 4.31 Å². The monoisotopic (exact) mass is 415 g/mol. The molecular weight excluding hydrogens is 394 g/mol. The minimum Gasteiger partial charge on any atom is -0.497 e. The number of rotatable bonds is 9. The Hall–Kier alpha value is -3.39. The fourth-order valence-corrected chi connectivity index (χ4v) is 3.97. The van der Waals surface area contributed by atoms with Crippen LogP contribution in [0.3, 0.4) is 0 Å². The molecule has 0 aliphatic carbocycles. The third-order valence-corrected chi connectivity index (χ3v) is 5.77. The summed E-state index contributed by atoms with van der Waals surface area (Å²) in [6.45, 7) is 6.80. The van der Waals surface area contributed by atoms with Gasteiger partial charge < -0.3 is 9.47 Å². The molecule has 0 unspecified atom stereocenters. The third-order valence-electron chi connectivity index (χ3n) is 4.05. The maximum absolute atomic E-state index is 13.3. The van der Waals surface area contributed by atoms with Gasteiger partial charge in [0.05, 0.1) is 19.1 Å². The van der Waals surface area contributed by atoms with E-state index < -0.39 is 15.9 Å². The number of hydrogen-bond acceptors (Lipinski definition) is 6. The van der Waals surface area contributed by atoms with Crippen LogP contribution in [0.1, 0.15) is 5.56 Å². The lowest BCUT2D eigenvalue weighted by molar-refractivity contribution is -0.114. The summed E-state index contributed by atoms with van der Waals surface area (Å²) in [5.41, 5.74) is 0.608. The summed E-state index contributed by atoms with van der Waals surface area (Å²) in [6, 6.07) is 10.1. The molecule has 2 aromatic carbocycles. The number of carbonyl (C=O) groups is 2. The number of carbonyl (C=O) groups excluding carboxylic acids is 2. The van der Waals surface area contributed by atoms with E-state index in [0.717, 1.165) is 6.08 Å². The predicted molar refractivity (Wildman–Crippen MR) is 110 cm³/mol. The summed E-state index contributed by atoms with van der Waals surface area (Å²) in [7, 11) is -1.52. The lowest BCUT2D eigenvalue weighted by Gasteiger charge is -2.23. The van der Waals surface area contributed by atoms with Crippen LogP contribution in [0.4, 0.5) is 5.69 Å². The maximum atomic E-state index is 13.3. The zero-order chi connectivity index (χ0) is 21.6. The Morgan fingerprint density at radius 1 is 1.00 bits per heavy atom. The summed E-state index contributed by atoms with van der Waals surface area (Å²) in [5, 5.41) is 0. The van der Waals surface area contributed by atoms with Gasteiger partial charge in [-0.3, -0.25) is 9.59 Å². The number of allylic oxidation sites excluding steroid dienone is 1. The highest BCUT2D eigenvalue weighted by Gasteiger charge is 2.32. The van der Waals surface area contributed by atoms with Gasteiger partial charge in [-0.25, -0.2) is 8.42 Å². The van der Waals surface area contributed by atoms with Crippen molar-refractivity contribution in [1.82, 2.24) is 0 Å². The molecule has 0 N–H and O–H groups in total. The lowest BCUT2D eigenvalue weighted by atomic mass is 10.1. The fourth-order valence-electron chi connectivity index (χ4n) is 2.56. The van der Waals surface area contributed by atoms with Crippen molar-refractivity contribution in [2.24, 2.45) is 0 Å². The van der Waals surface area contributed by atoms with Crippen LogP contribution >= 0.6 is 0 Å². The summed E-state index contributed by atoms with van der Waals surface area (Å²) in [4.78, 5) is 23.9. The van der Waals surface area contributed by atoms with Gasteiger partial charge in [0.25, 0.3) is 15.9 Å². The van der Waals surface area contributed by atoms with Crippen molar-refractivity contribution in [2.45, 2.75) is 11.3 Å². The Morgan fingerprint density at radius 2 is 1.66 bits per heavy atom. The molecule has 0 atom stereocenters. The molecule has 0 saturated heterocycles. The molecule has 0 spiro atoms. The highest BCUT2D eigenvalue weighted by atomic mass is 32.2. The van der Waals surface area contributed by atoms with Gasteiger partial charge >= 0.3 is 0 Å². The van der Waals surface area contributed by atoms with Gasteiger partial charge in [0, 0.05) is 12.5 Å². The molecule has 0 saturated carbocycles. The molecule has 0 heterocycles. The van der Waals surface area contributed by atoms with E-state index >= 15 is 0 Å². The van der Waals surface area contributed by atoms with Crippen molar-refractivity contribution in [2.75, 3.05) is 18.5 Å². The average Bonchev–Trinajstić information content (AvgIpc) is 2.73. The molecule has 0 radical (unpaired) electrons. The minimum atomic E-state index is -4.30. The number of ether oxygens (including phenoxy) is 2. The van der Waals surface area contributed by atoms with Gasteiger partial charge in [-0.1, -0.05) is 25.3 Å². The van der Waals surface area contributed by atoms with Crippen LogP contribution in [-0.4, -0.2) is 34.3 Å². The first-order valence-electron chi connectivity index (χ1n) is 8.46. The molecule has 0 aromatic heterocycles. The second kappa shape index (κ2) is 9.20. The number of nitrogens with zero attached hydrogens (tertiary/aromatic N) is 1. The fraction of sp³-hybridized carbons (Fsp3) is 0.143. The largest absolute Gasteiger partial charge is 0.497 e. The van der Waals surface area contributed by atoms with Gasteiger partial charge in [-0.05, 0) is 42.0 Å². The third kappa shape index (κ3) is 4.72. The summed E-state index contributed by atoms with van der Waals surface area (Å²) < 4.78 is 37.5. The SMILES string of the molecule is C=CC(=O)Cc1ccc(S(=O)(=O)N(C(=O)C=C)c2cc(OC)ccc2OC)cc1. The van der Waals surface area contributed by atoms with E-state index in [4.69, 9.17) is 9.47 Å². The van der Waals surface area contributed by atoms with E-state index in [9.17, 15) is 18.0 Å². The number of sulfonamides is 1. The Balaban J connectivity index is 2.58. The van der Waals surface area contributed by atoms with E-state index in [0.29, 0.717) is 15.6 Å².